The normalized spacial score (nSPS) is 26.9. The minimum atomic E-state index is -4.75. The Kier molecular flexibility index (Phi) is 8.82. The Bertz CT molecular complexity index is 621. The van der Waals surface area contributed by atoms with Crippen LogP contribution in [0.1, 0.15) is 27.7 Å². The molecule has 1 aliphatic rings. The summed E-state index contributed by atoms with van der Waals surface area (Å²) in [6, 6.07) is 0. The summed E-state index contributed by atoms with van der Waals surface area (Å²) in [5.74, 6) is -3.47. The lowest BCUT2D eigenvalue weighted by Crippen LogP contribution is -2.63. The Balaban J connectivity index is 3.28. The fraction of sp³-hybridized carbons (Fsp3) is 0.750. The van der Waals surface area contributed by atoms with Gasteiger partial charge in [0, 0.05) is 27.7 Å². The fourth-order valence-electron chi connectivity index (χ4n) is 2.50. The van der Waals surface area contributed by atoms with Gasteiger partial charge in [-0.15, -0.1) is 0 Å². The number of alkyl halides is 3. The molecule has 0 spiro atoms. The molecule has 1 rings (SSSR count). The molecule has 0 bridgehead atoms. The van der Waals surface area contributed by atoms with Crippen molar-refractivity contribution in [2.24, 2.45) is 0 Å². The first-order chi connectivity index (χ1) is 13.3. The number of rotatable bonds is 7. The van der Waals surface area contributed by atoms with Crippen LogP contribution >= 0.6 is 0 Å². The molecule has 0 N–H and O–H groups in total. The van der Waals surface area contributed by atoms with E-state index in [-0.39, 0.29) is 0 Å². The summed E-state index contributed by atoms with van der Waals surface area (Å²) in [5, 5.41) is 0. The number of hydrogen-bond acceptors (Lipinski definition) is 10. The second-order valence-electron chi connectivity index (χ2n) is 5.99. The van der Waals surface area contributed by atoms with E-state index in [1.807, 2.05) is 0 Å². The van der Waals surface area contributed by atoms with E-state index in [2.05, 4.69) is 4.74 Å². The van der Waals surface area contributed by atoms with Crippen molar-refractivity contribution in [1.29, 1.82) is 0 Å². The lowest BCUT2D eigenvalue weighted by molar-refractivity contribution is -0.323. The summed E-state index contributed by atoms with van der Waals surface area (Å²) < 4.78 is 67.6. The average Bonchev–Trinajstić information content (AvgIpc) is 2.53. The molecular formula is C16H21F3O10. The first-order valence-electron chi connectivity index (χ1n) is 8.29. The maximum absolute atomic E-state index is 12.6. The highest BCUT2D eigenvalue weighted by Crippen LogP contribution is 2.31. The van der Waals surface area contributed by atoms with Crippen LogP contribution in [-0.4, -0.2) is 74.0 Å². The van der Waals surface area contributed by atoms with Crippen LogP contribution in [0.3, 0.4) is 0 Å². The second kappa shape index (κ2) is 10.4. The van der Waals surface area contributed by atoms with Crippen LogP contribution < -0.4 is 0 Å². The Morgan fingerprint density at radius 1 is 0.793 bits per heavy atom. The van der Waals surface area contributed by atoms with Gasteiger partial charge in [0.1, 0.15) is 19.3 Å². The van der Waals surface area contributed by atoms with Crippen molar-refractivity contribution in [1.82, 2.24) is 0 Å². The number of esters is 4. The molecule has 166 valence electrons. The first-order valence-corrected chi connectivity index (χ1v) is 8.29. The van der Waals surface area contributed by atoms with E-state index in [0.717, 1.165) is 27.7 Å². The molecular weight excluding hydrogens is 409 g/mol. The van der Waals surface area contributed by atoms with E-state index in [1.165, 1.54) is 0 Å². The molecule has 0 aromatic carbocycles. The van der Waals surface area contributed by atoms with E-state index in [1.54, 1.807) is 0 Å². The van der Waals surface area contributed by atoms with E-state index in [4.69, 9.17) is 23.7 Å². The van der Waals surface area contributed by atoms with Gasteiger partial charge in [0.2, 0.25) is 0 Å². The number of carbonyl (C=O) groups is 4. The van der Waals surface area contributed by atoms with Crippen molar-refractivity contribution in [3.8, 4) is 0 Å². The van der Waals surface area contributed by atoms with E-state index < -0.39 is 74.0 Å². The SMILES string of the molecule is CC(=O)OC[C@H]1O[C@@H](OCC(F)(F)F)[C@H](OC(C)=O)[C@@H](OC(C)=O)[C@@H]1OC(C)=O. The van der Waals surface area contributed by atoms with E-state index in [9.17, 15) is 32.3 Å². The summed E-state index contributed by atoms with van der Waals surface area (Å²) in [6.07, 6.45) is -12.7. The van der Waals surface area contributed by atoms with Gasteiger partial charge in [-0.25, -0.2) is 0 Å². The molecule has 0 radical (unpaired) electrons. The number of hydrogen-bond donors (Lipinski definition) is 0. The Hall–Kier alpha value is -2.41. The zero-order valence-electron chi connectivity index (χ0n) is 16.0. The van der Waals surface area contributed by atoms with Gasteiger partial charge in [-0.3, -0.25) is 19.2 Å². The Labute approximate surface area is 163 Å². The van der Waals surface area contributed by atoms with Crippen molar-refractivity contribution in [3.63, 3.8) is 0 Å². The molecule has 29 heavy (non-hydrogen) atoms. The molecule has 0 amide bonds. The largest absolute Gasteiger partial charge is 0.463 e. The highest BCUT2D eigenvalue weighted by molar-refractivity contribution is 5.68. The topological polar surface area (TPSA) is 124 Å². The van der Waals surface area contributed by atoms with Crippen molar-refractivity contribution in [3.05, 3.63) is 0 Å². The van der Waals surface area contributed by atoms with Gasteiger partial charge in [0.05, 0.1) is 0 Å². The smallest absolute Gasteiger partial charge is 0.411 e. The average molecular weight is 430 g/mol. The predicted molar refractivity (Wildman–Crippen MR) is 84.0 cm³/mol. The van der Waals surface area contributed by atoms with Crippen molar-refractivity contribution >= 4 is 23.9 Å². The van der Waals surface area contributed by atoms with E-state index >= 15 is 0 Å². The summed E-state index contributed by atoms with van der Waals surface area (Å²) in [5.41, 5.74) is 0. The molecule has 1 heterocycles. The molecule has 0 aromatic rings. The van der Waals surface area contributed by atoms with Gasteiger partial charge in [-0.05, 0) is 0 Å². The molecule has 0 aliphatic carbocycles. The third-order valence-corrected chi connectivity index (χ3v) is 3.36. The lowest BCUT2D eigenvalue weighted by Gasteiger charge is -2.44. The maximum Gasteiger partial charge on any atom is 0.411 e. The molecule has 0 aromatic heterocycles. The summed E-state index contributed by atoms with van der Waals surface area (Å²) in [4.78, 5) is 45.5. The quantitative estimate of drug-likeness (QED) is 0.420. The van der Waals surface area contributed by atoms with Crippen LogP contribution in [-0.2, 0) is 47.6 Å². The summed E-state index contributed by atoms with van der Waals surface area (Å²) in [6.45, 7) is 1.67. The van der Waals surface area contributed by atoms with Gasteiger partial charge in [-0.1, -0.05) is 0 Å². The Morgan fingerprint density at radius 2 is 1.28 bits per heavy atom. The molecule has 5 atom stereocenters. The fourth-order valence-corrected chi connectivity index (χ4v) is 2.50. The van der Waals surface area contributed by atoms with Crippen LogP contribution in [0, 0.1) is 0 Å². The number of ether oxygens (including phenoxy) is 6. The molecule has 1 fully saturated rings. The van der Waals surface area contributed by atoms with Crippen LogP contribution in [0.4, 0.5) is 13.2 Å². The third-order valence-electron chi connectivity index (χ3n) is 3.36. The van der Waals surface area contributed by atoms with Crippen LogP contribution in [0.15, 0.2) is 0 Å². The van der Waals surface area contributed by atoms with Gasteiger partial charge in [0.25, 0.3) is 0 Å². The first kappa shape index (κ1) is 24.6. The highest BCUT2D eigenvalue weighted by atomic mass is 19.4. The predicted octanol–water partition coefficient (Wildman–Crippen LogP) is 0.648. The van der Waals surface area contributed by atoms with Gasteiger partial charge in [0.15, 0.2) is 24.6 Å². The van der Waals surface area contributed by atoms with Crippen LogP contribution in [0.2, 0.25) is 0 Å². The molecule has 13 heteroatoms. The molecule has 1 aliphatic heterocycles. The van der Waals surface area contributed by atoms with Gasteiger partial charge in [-0.2, -0.15) is 13.2 Å². The number of carbonyl (C=O) groups excluding carboxylic acids is 4. The van der Waals surface area contributed by atoms with Gasteiger partial charge < -0.3 is 28.4 Å². The Morgan fingerprint density at radius 3 is 1.72 bits per heavy atom. The molecule has 0 unspecified atom stereocenters. The molecule has 10 nitrogen and oxygen atoms in total. The second-order valence-corrected chi connectivity index (χ2v) is 5.99. The standard InChI is InChI=1S/C16H21F3O10/c1-7(20)24-5-11-12(26-8(2)21)13(27-9(3)22)14(28-10(4)23)15(29-11)25-6-16(17,18)19/h11-15H,5-6H2,1-4H3/t11-,12-,13+,14-,15-/m1/s1. The van der Waals surface area contributed by atoms with Gasteiger partial charge >= 0.3 is 30.1 Å². The van der Waals surface area contributed by atoms with Crippen LogP contribution in [0.5, 0.6) is 0 Å². The van der Waals surface area contributed by atoms with Crippen molar-refractivity contribution in [2.75, 3.05) is 13.2 Å². The summed E-state index contributed by atoms with van der Waals surface area (Å²) >= 11 is 0. The molecule has 0 saturated carbocycles. The highest BCUT2D eigenvalue weighted by Gasteiger charge is 2.53. The zero-order chi connectivity index (χ0) is 22.4. The summed E-state index contributed by atoms with van der Waals surface area (Å²) in [7, 11) is 0. The zero-order valence-corrected chi connectivity index (χ0v) is 16.0. The monoisotopic (exact) mass is 430 g/mol. The maximum atomic E-state index is 12.6. The van der Waals surface area contributed by atoms with Crippen molar-refractivity contribution < 1.29 is 60.8 Å². The minimum absolute atomic E-state index is 0.566. The third kappa shape index (κ3) is 8.64. The van der Waals surface area contributed by atoms with Crippen LogP contribution in [0.25, 0.3) is 0 Å². The van der Waals surface area contributed by atoms with Crippen molar-refractivity contribution in [2.45, 2.75) is 64.6 Å². The minimum Gasteiger partial charge on any atom is -0.463 e. The number of halogens is 3. The molecule has 1 saturated heterocycles. The lowest BCUT2D eigenvalue weighted by atomic mass is 9.98. The van der Waals surface area contributed by atoms with E-state index in [0.29, 0.717) is 0 Å².